The molecule has 0 aliphatic carbocycles. The third-order valence-electron chi connectivity index (χ3n) is 3.73. The Balaban J connectivity index is 1.82. The molecule has 1 aliphatic heterocycles. The van der Waals surface area contributed by atoms with Crippen LogP contribution in [-0.2, 0) is 4.79 Å². The van der Waals surface area contributed by atoms with Crippen LogP contribution in [0.15, 0.2) is 30.7 Å². The average Bonchev–Trinajstić information content (AvgIpc) is 2.95. The number of pyridine rings is 1. The lowest BCUT2D eigenvalue weighted by molar-refractivity contribution is -0.118. The summed E-state index contributed by atoms with van der Waals surface area (Å²) >= 11 is 0. The largest absolute Gasteiger partial charge is 0.322 e. The number of hydrogen-bond donors (Lipinski definition) is 2. The monoisotopic (exact) mass is 285 g/mol. The maximum atomic E-state index is 12.3. The molecule has 0 spiro atoms. The highest BCUT2D eigenvalue weighted by atomic mass is 16.2. The first kappa shape index (κ1) is 13.8. The molecular formula is C15H19N5O. The number of nitrogens with one attached hydrogen (secondary N) is 2. The summed E-state index contributed by atoms with van der Waals surface area (Å²) in [5.41, 5.74) is 0.705. The zero-order valence-electron chi connectivity index (χ0n) is 12.0. The van der Waals surface area contributed by atoms with Gasteiger partial charge in [0.1, 0.15) is 5.82 Å². The van der Waals surface area contributed by atoms with Gasteiger partial charge in [0.2, 0.25) is 5.91 Å². The van der Waals surface area contributed by atoms with Gasteiger partial charge in [0, 0.05) is 18.6 Å². The molecule has 1 atom stereocenters. The Morgan fingerprint density at radius 3 is 3.00 bits per heavy atom. The van der Waals surface area contributed by atoms with E-state index in [1.807, 2.05) is 29.8 Å². The zero-order chi connectivity index (χ0) is 14.7. The molecule has 2 aromatic heterocycles. The lowest BCUT2D eigenvalue weighted by Crippen LogP contribution is -2.43. The van der Waals surface area contributed by atoms with Crippen molar-refractivity contribution >= 4 is 11.6 Å². The zero-order valence-corrected chi connectivity index (χ0v) is 12.0. The van der Waals surface area contributed by atoms with E-state index in [0.717, 1.165) is 31.6 Å². The second-order valence-electron chi connectivity index (χ2n) is 5.21. The van der Waals surface area contributed by atoms with Crippen molar-refractivity contribution in [2.45, 2.75) is 32.2 Å². The number of nitrogens with zero attached hydrogens (tertiary/aromatic N) is 3. The second kappa shape index (κ2) is 6.05. The van der Waals surface area contributed by atoms with E-state index in [2.05, 4.69) is 20.6 Å². The van der Waals surface area contributed by atoms with E-state index in [0.29, 0.717) is 11.5 Å². The van der Waals surface area contributed by atoms with Gasteiger partial charge in [0.25, 0.3) is 0 Å². The van der Waals surface area contributed by atoms with Crippen molar-refractivity contribution in [1.82, 2.24) is 19.9 Å². The lowest BCUT2D eigenvalue weighted by Gasteiger charge is -2.23. The van der Waals surface area contributed by atoms with Crippen molar-refractivity contribution < 1.29 is 4.79 Å². The third-order valence-corrected chi connectivity index (χ3v) is 3.73. The number of carbonyl (C=O) groups is 1. The van der Waals surface area contributed by atoms with Crippen molar-refractivity contribution in [3.63, 3.8) is 0 Å². The number of piperidine rings is 1. The number of aryl methyl sites for hydroxylation is 1. The number of hydrogen-bond acceptors (Lipinski definition) is 4. The second-order valence-corrected chi connectivity index (χ2v) is 5.21. The van der Waals surface area contributed by atoms with E-state index >= 15 is 0 Å². The number of amides is 1. The van der Waals surface area contributed by atoms with Crippen LogP contribution in [0.1, 0.15) is 25.1 Å². The molecule has 0 aromatic carbocycles. The Morgan fingerprint density at radius 1 is 1.38 bits per heavy atom. The summed E-state index contributed by atoms with van der Waals surface area (Å²) in [5.74, 6) is 1.53. The van der Waals surface area contributed by atoms with Gasteiger partial charge in [0.05, 0.1) is 11.7 Å². The summed E-state index contributed by atoms with van der Waals surface area (Å²) in [4.78, 5) is 20.9. The molecular weight excluding hydrogens is 266 g/mol. The van der Waals surface area contributed by atoms with Crippen LogP contribution < -0.4 is 10.6 Å². The summed E-state index contributed by atoms with van der Waals surface area (Å²) in [6.45, 7) is 2.81. The van der Waals surface area contributed by atoms with Gasteiger partial charge in [-0.2, -0.15) is 0 Å². The van der Waals surface area contributed by atoms with Crippen molar-refractivity contribution in [1.29, 1.82) is 0 Å². The van der Waals surface area contributed by atoms with Crippen LogP contribution in [0.25, 0.3) is 5.82 Å². The lowest BCUT2D eigenvalue weighted by atomic mass is 10.0. The van der Waals surface area contributed by atoms with Gasteiger partial charge < -0.3 is 10.6 Å². The Morgan fingerprint density at radius 2 is 2.29 bits per heavy atom. The first-order chi connectivity index (χ1) is 10.3. The van der Waals surface area contributed by atoms with E-state index in [4.69, 9.17) is 0 Å². The smallest absolute Gasteiger partial charge is 0.241 e. The Kier molecular flexibility index (Phi) is 3.96. The molecule has 6 heteroatoms. The van der Waals surface area contributed by atoms with Gasteiger partial charge >= 0.3 is 0 Å². The highest BCUT2D eigenvalue weighted by Gasteiger charge is 2.21. The van der Waals surface area contributed by atoms with E-state index in [1.165, 1.54) is 0 Å². The molecule has 110 valence electrons. The molecule has 2 N–H and O–H groups in total. The maximum Gasteiger partial charge on any atom is 0.241 e. The molecule has 1 saturated heterocycles. The molecule has 1 aliphatic rings. The fraction of sp³-hybridized carbons (Fsp3) is 0.400. The summed E-state index contributed by atoms with van der Waals surface area (Å²) < 4.78 is 1.86. The molecule has 1 amide bonds. The van der Waals surface area contributed by atoms with E-state index in [9.17, 15) is 4.79 Å². The number of carbonyl (C=O) groups excluding carboxylic acids is 1. The fourth-order valence-corrected chi connectivity index (χ4v) is 2.58. The van der Waals surface area contributed by atoms with Gasteiger partial charge in [-0.1, -0.05) is 6.42 Å². The van der Waals surface area contributed by atoms with Crippen LogP contribution in [0, 0.1) is 6.92 Å². The number of imidazole rings is 1. The first-order valence-electron chi connectivity index (χ1n) is 7.25. The van der Waals surface area contributed by atoms with Crippen LogP contribution in [0.3, 0.4) is 0 Å². The molecule has 3 heterocycles. The van der Waals surface area contributed by atoms with Gasteiger partial charge in [-0.25, -0.2) is 9.97 Å². The quantitative estimate of drug-likeness (QED) is 0.899. The van der Waals surface area contributed by atoms with Gasteiger partial charge in [0.15, 0.2) is 5.82 Å². The van der Waals surface area contributed by atoms with Crippen LogP contribution in [0.4, 0.5) is 5.69 Å². The van der Waals surface area contributed by atoms with Crippen LogP contribution in [0.2, 0.25) is 0 Å². The topological polar surface area (TPSA) is 71.8 Å². The molecule has 0 unspecified atom stereocenters. The molecule has 0 radical (unpaired) electrons. The van der Waals surface area contributed by atoms with E-state index < -0.39 is 0 Å². The number of anilines is 1. The molecule has 0 bridgehead atoms. The van der Waals surface area contributed by atoms with Gasteiger partial charge in [-0.3, -0.25) is 9.36 Å². The third kappa shape index (κ3) is 2.95. The summed E-state index contributed by atoms with van der Waals surface area (Å²) in [6.07, 6.45) is 8.38. The normalized spacial score (nSPS) is 18.4. The minimum absolute atomic E-state index is 0.00159. The van der Waals surface area contributed by atoms with Crippen molar-refractivity contribution in [3.8, 4) is 5.82 Å². The molecule has 1 fully saturated rings. The first-order valence-corrected chi connectivity index (χ1v) is 7.25. The number of rotatable bonds is 3. The van der Waals surface area contributed by atoms with E-state index in [1.54, 1.807) is 12.4 Å². The highest BCUT2D eigenvalue weighted by Crippen LogP contribution is 2.19. The van der Waals surface area contributed by atoms with Gasteiger partial charge in [-0.05, 0) is 38.4 Å². The van der Waals surface area contributed by atoms with Crippen LogP contribution >= 0.6 is 0 Å². The molecule has 21 heavy (non-hydrogen) atoms. The standard InChI is InChI=1S/C15H19N5O/c1-11-16-9-10-20(11)14-12(6-4-8-18-14)19-15(21)13-5-2-3-7-17-13/h4,6,8-10,13,17H,2-3,5,7H2,1H3,(H,19,21)/t13-/m0/s1. The predicted molar refractivity (Wildman–Crippen MR) is 80.4 cm³/mol. The summed E-state index contributed by atoms with van der Waals surface area (Å²) in [6, 6.07) is 3.57. The van der Waals surface area contributed by atoms with Crippen molar-refractivity contribution in [2.24, 2.45) is 0 Å². The van der Waals surface area contributed by atoms with Gasteiger partial charge in [-0.15, -0.1) is 0 Å². The summed E-state index contributed by atoms with van der Waals surface area (Å²) in [5, 5.41) is 6.24. The minimum atomic E-state index is -0.115. The minimum Gasteiger partial charge on any atom is -0.322 e. The Bertz CT molecular complexity index is 630. The molecule has 6 nitrogen and oxygen atoms in total. The SMILES string of the molecule is Cc1nccn1-c1ncccc1NC(=O)[C@@H]1CCCCN1. The van der Waals surface area contributed by atoms with E-state index in [-0.39, 0.29) is 11.9 Å². The molecule has 0 saturated carbocycles. The van der Waals surface area contributed by atoms with Crippen LogP contribution in [-0.4, -0.2) is 33.0 Å². The number of aromatic nitrogens is 3. The van der Waals surface area contributed by atoms with Crippen molar-refractivity contribution in [2.75, 3.05) is 11.9 Å². The fourth-order valence-electron chi connectivity index (χ4n) is 2.58. The Hall–Kier alpha value is -2.21. The molecule has 2 aromatic rings. The predicted octanol–water partition coefficient (Wildman–Crippen LogP) is 1.66. The highest BCUT2D eigenvalue weighted by molar-refractivity contribution is 5.96. The summed E-state index contributed by atoms with van der Waals surface area (Å²) in [7, 11) is 0. The van der Waals surface area contributed by atoms with Crippen molar-refractivity contribution in [3.05, 3.63) is 36.5 Å². The maximum absolute atomic E-state index is 12.3. The average molecular weight is 285 g/mol. The molecule has 3 rings (SSSR count). The Labute approximate surface area is 123 Å². The van der Waals surface area contributed by atoms with Crippen LogP contribution in [0.5, 0.6) is 0 Å².